The van der Waals surface area contributed by atoms with Gasteiger partial charge in [0, 0.05) is 19.2 Å². The molecule has 1 N–H and O–H groups in total. The molecule has 0 spiro atoms. The third-order valence-corrected chi connectivity index (χ3v) is 3.04. The number of hydrogen-bond acceptors (Lipinski definition) is 2. The molecule has 14 heavy (non-hydrogen) atoms. The van der Waals surface area contributed by atoms with Gasteiger partial charge in [-0.25, -0.2) is 0 Å². The second-order valence-electron chi connectivity index (χ2n) is 5.45. The van der Waals surface area contributed by atoms with Gasteiger partial charge in [-0.2, -0.15) is 0 Å². The van der Waals surface area contributed by atoms with Gasteiger partial charge >= 0.3 is 0 Å². The summed E-state index contributed by atoms with van der Waals surface area (Å²) in [5.41, 5.74) is 0.232. The highest BCUT2D eigenvalue weighted by molar-refractivity contribution is 4.80. The van der Waals surface area contributed by atoms with Crippen LogP contribution in [0.15, 0.2) is 0 Å². The maximum absolute atomic E-state index is 5.53. The maximum atomic E-state index is 5.53. The zero-order valence-corrected chi connectivity index (χ0v) is 10.1. The molecule has 0 aromatic carbocycles. The normalized spacial score (nSPS) is 29.1. The molecule has 0 saturated heterocycles. The number of rotatable bonds is 3. The van der Waals surface area contributed by atoms with E-state index >= 15 is 0 Å². The summed E-state index contributed by atoms with van der Waals surface area (Å²) in [6.45, 7) is 7.76. The van der Waals surface area contributed by atoms with E-state index in [0.717, 1.165) is 6.54 Å². The predicted molar refractivity (Wildman–Crippen MR) is 60.5 cm³/mol. The Hall–Kier alpha value is -0.0800. The fraction of sp³-hybridized carbons (Fsp3) is 1.00. The molecule has 0 heterocycles. The van der Waals surface area contributed by atoms with E-state index in [9.17, 15) is 0 Å². The average Bonchev–Trinajstić information content (AvgIpc) is 2.14. The summed E-state index contributed by atoms with van der Waals surface area (Å²) >= 11 is 0. The summed E-state index contributed by atoms with van der Waals surface area (Å²) in [7, 11) is 1.85. The molecule has 0 radical (unpaired) electrons. The van der Waals surface area contributed by atoms with Crippen LogP contribution in [0.25, 0.3) is 0 Å². The van der Waals surface area contributed by atoms with E-state index < -0.39 is 0 Å². The zero-order valence-electron chi connectivity index (χ0n) is 10.1. The second kappa shape index (κ2) is 5.13. The minimum Gasteiger partial charge on any atom is -0.381 e. The monoisotopic (exact) mass is 199 g/mol. The number of nitrogens with one attached hydrogen (secondary N) is 1. The fourth-order valence-corrected chi connectivity index (χ4v) is 2.15. The Bertz CT molecular complexity index is 162. The van der Waals surface area contributed by atoms with E-state index in [1.54, 1.807) is 0 Å². The lowest BCUT2D eigenvalue weighted by molar-refractivity contribution is 0.0218. The molecule has 2 nitrogen and oxygen atoms in total. The number of ether oxygens (including phenoxy) is 1. The lowest BCUT2D eigenvalue weighted by atomic mass is 9.86. The van der Waals surface area contributed by atoms with Gasteiger partial charge < -0.3 is 10.1 Å². The van der Waals surface area contributed by atoms with Crippen molar-refractivity contribution in [3.8, 4) is 0 Å². The number of methoxy groups -OCH3 is 1. The van der Waals surface area contributed by atoms with Crippen molar-refractivity contribution in [3.05, 3.63) is 0 Å². The highest BCUT2D eigenvalue weighted by Crippen LogP contribution is 2.26. The first-order valence-electron chi connectivity index (χ1n) is 5.81. The molecule has 0 bridgehead atoms. The molecule has 0 amide bonds. The Morgan fingerprint density at radius 2 is 1.86 bits per heavy atom. The molecule has 1 aliphatic rings. The maximum Gasteiger partial charge on any atom is 0.0611 e. The van der Waals surface area contributed by atoms with Gasteiger partial charge in [0.2, 0.25) is 0 Å². The SMILES string of the molecule is COC1CCCCC1CNC(C)(C)C. The van der Waals surface area contributed by atoms with Gasteiger partial charge in [0.1, 0.15) is 0 Å². The van der Waals surface area contributed by atoms with Crippen LogP contribution in [0.1, 0.15) is 46.5 Å². The third-order valence-electron chi connectivity index (χ3n) is 3.04. The largest absolute Gasteiger partial charge is 0.381 e. The summed E-state index contributed by atoms with van der Waals surface area (Å²) in [6, 6.07) is 0. The molecule has 1 rings (SSSR count). The van der Waals surface area contributed by atoms with Crippen molar-refractivity contribution in [1.82, 2.24) is 5.32 Å². The van der Waals surface area contributed by atoms with Gasteiger partial charge in [-0.05, 0) is 39.5 Å². The van der Waals surface area contributed by atoms with E-state index in [1.165, 1.54) is 25.7 Å². The molecule has 1 aliphatic carbocycles. The van der Waals surface area contributed by atoms with Crippen LogP contribution >= 0.6 is 0 Å². The van der Waals surface area contributed by atoms with Gasteiger partial charge in [0.15, 0.2) is 0 Å². The molecule has 0 aliphatic heterocycles. The topological polar surface area (TPSA) is 21.3 Å². The summed E-state index contributed by atoms with van der Waals surface area (Å²) in [5.74, 6) is 0.716. The first kappa shape index (κ1) is 12.0. The van der Waals surface area contributed by atoms with E-state index in [1.807, 2.05) is 7.11 Å². The van der Waals surface area contributed by atoms with Crippen LogP contribution in [0.2, 0.25) is 0 Å². The highest BCUT2D eigenvalue weighted by atomic mass is 16.5. The molecule has 0 aromatic heterocycles. The lowest BCUT2D eigenvalue weighted by Gasteiger charge is -2.33. The first-order valence-corrected chi connectivity index (χ1v) is 5.81. The van der Waals surface area contributed by atoms with Gasteiger partial charge in [-0.3, -0.25) is 0 Å². The molecule has 1 saturated carbocycles. The van der Waals surface area contributed by atoms with E-state index in [2.05, 4.69) is 26.1 Å². The molecular formula is C12H25NO. The van der Waals surface area contributed by atoms with Gasteiger partial charge in [-0.15, -0.1) is 0 Å². The van der Waals surface area contributed by atoms with Gasteiger partial charge in [0.25, 0.3) is 0 Å². The van der Waals surface area contributed by atoms with Crippen molar-refractivity contribution in [2.45, 2.75) is 58.1 Å². The summed E-state index contributed by atoms with van der Waals surface area (Å²) < 4.78 is 5.53. The Morgan fingerprint density at radius 3 is 2.43 bits per heavy atom. The zero-order chi connectivity index (χ0) is 10.6. The first-order chi connectivity index (χ1) is 6.53. The van der Waals surface area contributed by atoms with Gasteiger partial charge in [0.05, 0.1) is 6.10 Å². The van der Waals surface area contributed by atoms with Crippen molar-refractivity contribution in [2.24, 2.45) is 5.92 Å². The quantitative estimate of drug-likeness (QED) is 0.754. The van der Waals surface area contributed by atoms with E-state index in [0.29, 0.717) is 12.0 Å². The Balaban J connectivity index is 2.33. The van der Waals surface area contributed by atoms with Crippen molar-refractivity contribution in [3.63, 3.8) is 0 Å². The van der Waals surface area contributed by atoms with Gasteiger partial charge in [-0.1, -0.05) is 12.8 Å². The van der Waals surface area contributed by atoms with Crippen LogP contribution in [0.4, 0.5) is 0 Å². The third kappa shape index (κ3) is 3.97. The van der Waals surface area contributed by atoms with Crippen LogP contribution < -0.4 is 5.32 Å². The van der Waals surface area contributed by atoms with Crippen molar-refractivity contribution >= 4 is 0 Å². The minimum atomic E-state index is 0.232. The van der Waals surface area contributed by atoms with Crippen LogP contribution in [0.3, 0.4) is 0 Å². The minimum absolute atomic E-state index is 0.232. The Labute approximate surface area is 88.4 Å². The summed E-state index contributed by atoms with van der Waals surface area (Å²) in [6.07, 6.45) is 5.76. The molecule has 2 unspecified atom stereocenters. The van der Waals surface area contributed by atoms with Crippen LogP contribution in [0.5, 0.6) is 0 Å². The molecule has 2 heteroatoms. The molecule has 0 aromatic rings. The predicted octanol–water partition coefficient (Wildman–Crippen LogP) is 2.58. The van der Waals surface area contributed by atoms with Crippen LogP contribution in [0, 0.1) is 5.92 Å². The van der Waals surface area contributed by atoms with E-state index in [4.69, 9.17) is 4.74 Å². The van der Waals surface area contributed by atoms with Crippen molar-refractivity contribution < 1.29 is 4.74 Å². The van der Waals surface area contributed by atoms with Crippen LogP contribution in [-0.4, -0.2) is 25.3 Å². The Morgan fingerprint density at radius 1 is 1.21 bits per heavy atom. The molecular weight excluding hydrogens is 174 g/mol. The van der Waals surface area contributed by atoms with Crippen molar-refractivity contribution in [1.29, 1.82) is 0 Å². The van der Waals surface area contributed by atoms with Crippen LogP contribution in [-0.2, 0) is 4.74 Å². The average molecular weight is 199 g/mol. The highest BCUT2D eigenvalue weighted by Gasteiger charge is 2.25. The summed E-state index contributed by atoms with van der Waals surface area (Å²) in [5, 5.41) is 3.58. The number of hydrogen-bond donors (Lipinski definition) is 1. The standard InChI is InChI=1S/C12H25NO/c1-12(2,3)13-9-10-7-5-6-8-11(10)14-4/h10-11,13H,5-9H2,1-4H3. The molecule has 1 fully saturated rings. The molecule has 84 valence electrons. The van der Waals surface area contributed by atoms with E-state index in [-0.39, 0.29) is 5.54 Å². The smallest absolute Gasteiger partial charge is 0.0611 e. The van der Waals surface area contributed by atoms with Crippen molar-refractivity contribution in [2.75, 3.05) is 13.7 Å². The Kier molecular flexibility index (Phi) is 4.39. The summed E-state index contributed by atoms with van der Waals surface area (Å²) in [4.78, 5) is 0. The lowest BCUT2D eigenvalue weighted by Crippen LogP contribution is -2.43. The fourth-order valence-electron chi connectivity index (χ4n) is 2.15. The second-order valence-corrected chi connectivity index (χ2v) is 5.45. The molecule has 2 atom stereocenters.